The van der Waals surface area contributed by atoms with E-state index in [9.17, 15) is 4.79 Å². The second-order valence-corrected chi connectivity index (χ2v) is 5.80. The lowest BCUT2D eigenvalue weighted by Crippen LogP contribution is -2.28. The molecule has 1 aliphatic heterocycles. The molecule has 112 valence electrons. The van der Waals surface area contributed by atoms with Gasteiger partial charge < -0.3 is 4.90 Å². The van der Waals surface area contributed by atoms with Crippen LogP contribution in [0, 0.1) is 0 Å². The Morgan fingerprint density at radius 2 is 2.09 bits per heavy atom. The summed E-state index contributed by atoms with van der Waals surface area (Å²) < 4.78 is 0. The Kier molecular flexibility index (Phi) is 4.54. The summed E-state index contributed by atoms with van der Waals surface area (Å²) in [6.07, 6.45) is 8.92. The van der Waals surface area contributed by atoms with E-state index in [4.69, 9.17) is 11.6 Å². The summed E-state index contributed by atoms with van der Waals surface area (Å²) in [5.41, 5.74) is 2.07. The van der Waals surface area contributed by atoms with Crippen molar-refractivity contribution >= 4 is 23.6 Å². The fourth-order valence-electron chi connectivity index (χ4n) is 2.80. The van der Waals surface area contributed by atoms with E-state index in [0.717, 1.165) is 35.5 Å². The van der Waals surface area contributed by atoms with Gasteiger partial charge in [0.1, 0.15) is 0 Å². The molecule has 1 aromatic carbocycles. The standard InChI is InChI=1S/C18H17ClN2O/c19-16-8-6-15(7-9-16)17-4-2-12-21(17)18(22)10-5-14-3-1-11-20-13-14/h1,3,5-11,13,17H,2,4,12H2. The maximum Gasteiger partial charge on any atom is 0.247 e. The van der Waals surface area contributed by atoms with Crippen LogP contribution < -0.4 is 0 Å². The predicted molar refractivity (Wildman–Crippen MR) is 88.4 cm³/mol. The van der Waals surface area contributed by atoms with Crippen molar-refractivity contribution in [1.29, 1.82) is 0 Å². The van der Waals surface area contributed by atoms with Crippen LogP contribution in [0.25, 0.3) is 6.08 Å². The Morgan fingerprint density at radius 1 is 1.27 bits per heavy atom. The molecule has 22 heavy (non-hydrogen) atoms. The smallest absolute Gasteiger partial charge is 0.247 e. The molecule has 0 N–H and O–H groups in total. The Hall–Kier alpha value is -2.13. The van der Waals surface area contributed by atoms with Gasteiger partial charge in [0, 0.05) is 30.0 Å². The largest absolute Gasteiger partial charge is 0.332 e. The Morgan fingerprint density at radius 3 is 2.82 bits per heavy atom. The number of hydrogen-bond donors (Lipinski definition) is 0. The summed E-state index contributed by atoms with van der Waals surface area (Å²) in [6, 6.07) is 11.7. The molecule has 1 unspecified atom stereocenters. The summed E-state index contributed by atoms with van der Waals surface area (Å²) >= 11 is 5.94. The Bertz CT molecular complexity index is 667. The van der Waals surface area contributed by atoms with Crippen LogP contribution in [0.15, 0.2) is 54.9 Å². The van der Waals surface area contributed by atoms with Gasteiger partial charge in [-0.3, -0.25) is 9.78 Å². The summed E-state index contributed by atoms with van der Waals surface area (Å²) in [5, 5.41) is 0.719. The summed E-state index contributed by atoms with van der Waals surface area (Å²) in [4.78, 5) is 18.4. The van der Waals surface area contributed by atoms with Crippen molar-refractivity contribution in [2.75, 3.05) is 6.54 Å². The number of rotatable bonds is 3. The van der Waals surface area contributed by atoms with Crippen molar-refractivity contribution in [3.63, 3.8) is 0 Å². The molecule has 1 amide bonds. The van der Waals surface area contributed by atoms with Crippen molar-refractivity contribution in [3.8, 4) is 0 Å². The SMILES string of the molecule is O=C(C=Cc1cccnc1)N1CCCC1c1ccc(Cl)cc1. The summed E-state index contributed by atoms with van der Waals surface area (Å²) in [7, 11) is 0. The molecule has 0 saturated carbocycles. The zero-order chi connectivity index (χ0) is 15.4. The number of amides is 1. The minimum Gasteiger partial charge on any atom is -0.332 e. The normalized spacial score (nSPS) is 18.0. The maximum absolute atomic E-state index is 12.5. The first-order valence-electron chi connectivity index (χ1n) is 7.38. The summed E-state index contributed by atoms with van der Waals surface area (Å²) in [6.45, 7) is 0.795. The molecule has 3 nitrogen and oxygen atoms in total. The van der Waals surface area contributed by atoms with Gasteiger partial charge in [0.15, 0.2) is 0 Å². The van der Waals surface area contributed by atoms with Crippen molar-refractivity contribution in [2.24, 2.45) is 0 Å². The lowest BCUT2D eigenvalue weighted by atomic mass is 10.0. The molecule has 1 atom stereocenters. The van der Waals surface area contributed by atoms with E-state index in [0.29, 0.717) is 0 Å². The zero-order valence-electron chi connectivity index (χ0n) is 12.2. The molecule has 0 radical (unpaired) electrons. The highest BCUT2D eigenvalue weighted by molar-refractivity contribution is 6.30. The van der Waals surface area contributed by atoms with E-state index in [1.807, 2.05) is 47.4 Å². The molecular weight excluding hydrogens is 296 g/mol. The first-order valence-corrected chi connectivity index (χ1v) is 7.76. The molecule has 0 bridgehead atoms. The van der Waals surface area contributed by atoms with E-state index in [1.165, 1.54) is 0 Å². The van der Waals surface area contributed by atoms with E-state index in [-0.39, 0.29) is 11.9 Å². The lowest BCUT2D eigenvalue weighted by Gasteiger charge is -2.24. The second kappa shape index (κ2) is 6.75. The first-order chi connectivity index (χ1) is 10.7. The first kappa shape index (κ1) is 14.8. The van der Waals surface area contributed by atoms with Gasteiger partial charge in [0.05, 0.1) is 6.04 Å². The molecule has 1 fully saturated rings. The van der Waals surface area contributed by atoms with E-state index in [2.05, 4.69) is 4.98 Å². The highest BCUT2D eigenvalue weighted by Gasteiger charge is 2.28. The van der Waals surface area contributed by atoms with Gasteiger partial charge in [-0.1, -0.05) is 29.8 Å². The number of likely N-dealkylation sites (tertiary alicyclic amines) is 1. The minimum atomic E-state index is 0.0429. The fourth-order valence-corrected chi connectivity index (χ4v) is 2.93. The van der Waals surface area contributed by atoms with Crippen molar-refractivity contribution in [3.05, 3.63) is 71.0 Å². The average Bonchev–Trinajstić information content (AvgIpc) is 3.04. The number of pyridine rings is 1. The third kappa shape index (κ3) is 3.37. The third-order valence-corrected chi connectivity index (χ3v) is 4.15. The number of carbonyl (C=O) groups excluding carboxylic acids is 1. The van der Waals surface area contributed by atoms with Crippen molar-refractivity contribution < 1.29 is 4.79 Å². The van der Waals surface area contributed by atoms with E-state index >= 15 is 0 Å². The number of benzene rings is 1. The van der Waals surface area contributed by atoms with Gasteiger partial charge in [-0.25, -0.2) is 0 Å². The number of nitrogens with zero attached hydrogens (tertiary/aromatic N) is 2. The van der Waals surface area contributed by atoms with Crippen LogP contribution in [-0.2, 0) is 4.79 Å². The van der Waals surface area contributed by atoms with Crippen LogP contribution in [0.3, 0.4) is 0 Å². The highest BCUT2D eigenvalue weighted by atomic mass is 35.5. The second-order valence-electron chi connectivity index (χ2n) is 5.36. The predicted octanol–water partition coefficient (Wildman–Crippen LogP) is 4.11. The third-order valence-electron chi connectivity index (χ3n) is 3.89. The zero-order valence-corrected chi connectivity index (χ0v) is 12.9. The lowest BCUT2D eigenvalue weighted by molar-refractivity contribution is -0.126. The van der Waals surface area contributed by atoms with Crippen molar-refractivity contribution in [2.45, 2.75) is 18.9 Å². The molecule has 4 heteroatoms. The summed E-state index contributed by atoms with van der Waals surface area (Å²) in [5.74, 6) is 0.0429. The molecule has 2 heterocycles. The average molecular weight is 313 g/mol. The number of hydrogen-bond acceptors (Lipinski definition) is 2. The van der Waals surface area contributed by atoms with Gasteiger partial charge in [0.25, 0.3) is 0 Å². The molecule has 1 saturated heterocycles. The van der Waals surface area contributed by atoms with Crippen LogP contribution in [0.5, 0.6) is 0 Å². The highest BCUT2D eigenvalue weighted by Crippen LogP contribution is 2.32. The monoisotopic (exact) mass is 312 g/mol. The molecule has 0 spiro atoms. The molecule has 1 aliphatic rings. The van der Waals surface area contributed by atoms with Gasteiger partial charge in [-0.05, 0) is 48.2 Å². The number of carbonyl (C=O) groups is 1. The number of aromatic nitrogens is 1. The van der Waals surface area contributed by atoms with Gasteiger partial charge >= 0.3 is 0 Å². The molecule has 2 aromatic rings. The van der Waals surface area contributed by atoms with Crippen LogP contribution >= 0.6 is 11.6 Å². The van der Waals surface area contributed by atoms with Crippen LogP contribution in [0.1, 0.15) is 30.0 Å². The molecule has 1 aromatic heterocycles. The minimum absolute atomic E-state index is 0.0429. The van der Waals surface area contributed by atoms with Gasteiger partial charge in [-0.2, -0.15) is 0 Å². The molecule has 0 aliphatic carbocycles. The number of halogens is 1. The fraction of sp³-hybridized carbons (Fsp3) is 0.222. The van der Waals surface area contributed by atoms with Gasteiger partial charge in [0.2, 0.25) is 5.91 Å². The molecular formula is C18H17ClN2O. The Labute approximate surface area is 135 Å². The van der Waals surface area contributed by atoms with Crippen molar-refractivity contribution in [1.82, 2.24) is 9.88 Å². The van der Waals surface area contributed by atoms with E-state index < -0.39 is 0 Å². The topological polar surface area (TPSA) is 33.2 Å². The van der Waals surface area contributed by atoms with Crippen LogP contribution in [0.4, 0.5) is 0 Å². The van der Waals surface area contributed by atoms with E-state index in [1.54, 1.807) is 18.5 Å². The van der Waals surface area contributed by atoms with Crippen LogP contribution in [-0.4, -0.2) is 22.3 Å². The van der Waals surface area contributed by atoms with Crippen LogP contribution in [0.2, 0.25) is 5.02 Å². The Balaban J connectivity index is 1.74. The van der Waals surface area contributed by atoms with Gasteiger partial charge in [-0.15, -0.1) is 0 Å². The molecule has 3 rings (SSSR count). The maximum atomic E-state index is 12.5. The quantitative estimate of drug-likeness (QED) is 0.799.